The number of rotatable bonds is 17. The molecule has 1 rings (SSSR count). The Morgan fingerprint density at radius 1 is 0.700 bits per heavy atom. The van der Waals surface area contributed by atoms with E-state index in [9.17, 15) is 4.79 Å². The molecule has 0 fully saturated rings. The van der Waals surface area contributed by atoms with Crippen LogP contribution in [0.2, 0.25) is 0 Å². The number of thiol groups is 2. The molecule has 0 unspecified atom stereocenters. The molecule has 0 bridgehead atoms. The van der Waals surface area contributed by atoms with Gasteiger partial charge in [-0.25, -0.2) is 4.79 Å². The standard InChI is InChI=1S/C19H39NO2S2.C5H5N/c1-2-3-4-5-6-7-8-9-10-11-12-13-14-15-16-17-18-22-19(21)20(23)24;1-2-4-6-5-3-1/h23-24H,2-18H2,1H3;1-5H. The van der Waals surface area contributed by atoms with Crippen molar-refractivity contribution in [2.45, 2.75) is 110 Å². The summed E-state index contributed by atoms with van der Waals surface area (Å²) in [5, 5.41) is 0. The molecule has 1 heterocycles. The van der Waals surface area contributed by atoms with Gasteiger partial charge >= 0.3 is 6.09 Å². The van der Waals surface area contributed by atoms with Gasteiger partial charge in [0, 0.05) is 12.4 Å². The van der Waals surface area contributed by atoms with Gasteiger partial charge in [0.05, 0.1) is 6.61 Å². The number of nitrogens with zero attached hydrogens (tertiary/aromatic N) is 2. The van der Waals surface area contributed by atoms with E-state index in [0.717, 1.165) is 16.6 Å². The fourth-order valence-electron chi connectivity index (χ4n) is 3.18. The first-order valence-corrected chi connectivity index (χ1v) is 12.7. The Kier molecular flexibility index (Phi) is 23.7. The summed E-state index contributed by atoms with van der Waals surface area (Å²) in [5.41, 5.74) is 0. The maximum absolute atomic E-state index is 11.1. The summed E-state index contributed by atoms with van der Waals surface area (Å²) in [4.78, 5) is 14.8. The summed E-state index contributed by atoms with van der Waals surface area (Å²) < 4.78 is 5.82. The Morgan fingerprint density at radius 2 is 1.10 bits per heavy atom. The predicted molar refractivity (Wildman–Crippen MR) is 135 cm³/mol. The van der Waals surface area contributed by atoms with Crippen LogP contribution in [-0.4, -0.2) is 21.4 Å². The molecule has 0 aromatic carbocycles. The molecule has 0 radical (unpaired) electrons. The van der Waals surface area contributed by atoms with E-state index >= 15 is 0 Å². The van der Waals surface area contributed by atoms with Crippen molar-refractivity contribution in [1.82, 2.24) is 8.69 Å². The number of carbonyl (C=O) groups is 1. The molecule has 0 spiro atoms. The molecule has 30 heavy (non-hydrogen) atoms. The first-order valence-electron chi connectivity index (χ1n) is 11.9. The highest BCUT2D eigenvalue weighted by molar-refractivity contribution is 7.94. The van der Waals surface area contributed by atoms with Crippen molar-refractivity contribution in [3.8, 4) is 0 Å². The van der Waals surface area contributed by atoms with Crippen LogP contribution in [0.25, 0.3) is 0 Å². The summed E-state index contributed by atoms with van der Waals surface area (Å²) in [5.74, 6) is 0. The van der Waals surface area contributed by atoms with Crippen LogP contribution in [-0.2, 0) is 4.74 Å². The maximum atomic E-state index is 11.1. The van der Waals surface area contributed by atoms with Crippen molar-refractivity contribution >= 4 is 31.7 Å². The third-order valence-corrected chi connectivity index (χ3v) is 5.28. The Bertz CT molecular complexity index is 435. The molecule has 1 aromatic rings. The zero-order valence-electron chi connectivity index (χ0n) is 19.0. The zero-order valence-corrected chi connectivity index (χ0v) is 20.8. The van der Waals surface area contributed by atoms with E-state index in [1.54, 1.807) is 12.4 Å². The average molecular weight is 457 g/mol. The van der Waals surface area contributed by atoms with Gasteiger partial charge in [-0.15, -0.1) is 0 Å². The van der Waals surface area contributed by atoms with Crippen LogP contribution in [0.3, 0.4) is 0 Å². The molecule has 0 aliphatic carbocycles. The summed E-state index contributed by atoms with van der Waals surface area (Å²) >= 11 is 7.50. The molecule has 0 N–H and O–H groups in total. The number of amides is 1. The van der Waals surface area contributed by atoms with Crippen LogP contribution in [0.15, 0.2) is 30.6 Å². The normalized spacial score (nSPS) is 10.2. The van der Waals surface area contributed by atoms with Crippen molar-refractivity contribution < 1.29 is 9.53 Å². The summed E-state index contributed by atoms with van der Waals surface area (Å²) in [6, 6.07) is 5.72. The van der Waals surface area contributed by atoms with Gasteiger partial charge in [-0.3, -0.25) is 4.98 Å². The fraction of sp³-hybridized carbons (Fsp3) is 0.750. The third-order valence-electron chi connectivity index (χ3n) is 4.95. The minimum atomic E-state index is -0.498. The highest BCUT2D eigenvalue weighted by Crippen LogP contribution is 2.13. The second-order valence-electron chi connectivity index (χ2n) is 7.73. The number of carbonyl (C=O) groups excluding carboxylic acids is 1. The van der Waals surface area contributed by atoms with Crippen LogP contribution in [0.5, 0.6) is 0 Å². The lowest BCUT2D eigenvalue weighted by atomic mass is 10.0. The number of hydrogen-bond donors (Lipinski definition) is 2. The lowest BCUT2D eigenvalue weighted by molar-refractivity contribution is 0.140. The van der Waals surface area contributed by atoms with Crippen LogP contribution >= 0.6 is 25.6 Å². The predicted octanol–water partition coefficient (Wildman–Crippen LogP) is 8.46. The molecular formula is C24H44N2O2S2. The van der Waals surface area contributed by atoms with Crippen LogP contribution in [0, 0.1) is 0 Å². The quantitative estimate of drug-likeness (QED) is 0.182. The molecule has 0 saturated carbocycles. The second-order valence-corrected chi connectivity index (χ2v) is 8.85. The van der Waals surface area contributed by atoms with E-state index < -0.39 is 6.09 Å². The van der Waals surface area contributed by atoms with Gasteiger partial charge in [-0.1, -0.05) is 109 Å². The summed E-state index contributed by atoms with van der Waals surface area (Å²) in [7, 11) is 0. The Balaban J connectivity index is 0.00000118. The molecular weight excluding hydrogens is 412 g/mol. The zero-order chi connectivity index (χ0) is 22.1. The SMILES string of the molecule is CCCCCCCCCCCCCCCCCCOC(=O)N(S)S.c1ccncc1. The average Bonchev–Trinajstić information content (AvgIpc) is 2.77. The smallest absolute Gasteiger partial charge is 0.429 e. The van der Waals surface area contributed by atoms with E-state index in [1.807, 2.05) is 18.2 Å². The monoisotopic (exact) mass is 456 g/mol. The topological polar surface area (TPSA) is 42.4 Å². The van der Waals surface area contributed by atoms with Gasteiger partial charge < -0.3 is 4.74 Å². The minimum Gasteiger partial charge on any atom is -0.448 e. The van der Waals surface area contributed by atoms with E-state index in [4.69, 9.17) is 4.74 Å². The van der Waals surface area contributed by atoms with Crippen molar-refractivity contribution in [3.05, 3.63) is 30.6 Å². The van der Waals surface area contributed by atoms with Crippen molar-refractivity contribution in [1.29, 1.82) is 0 Å². The van der Waals surface area contributed by atoms with Gasteiger partial charge in [-0.05, 0) is 44.2 Å². The van der Waals surface area contributed by atoms with Gasteiger partial charge in [0.2, 0.25) is 0 Å². The molecule has 1 aromatic heterocycles. The van der Waals surface area contributed by atoms with E-state index in [2.05, 4.69) is 37.5 Å². The molecule has 174 valence electrons. The second kappa shape index (κ2) is 24.4. The Labute approximate surface area is 196 Å². The summed E-state index contributed by atoms with van der Waals surface area (Å²) in [6.07, 6.45) is 24.5. The van der Waals surface area contributed by atoms with E-state index in [-0.39, 0.29) is 0 Å². The maximum Gasteiger partial charge on any atom is 0.429 e. The number of ether oxygens (including phenoxy) is 1. The molecule has 0 saturated heterocycles. The first kappa shape index (κ1) is 29.1. The van der Waals surface area contributed by atoms with Gasteiger partial charge in [0.15, 0.2) is 0 Å². The third kappa shape index (κ3) is 23.4. The number of unbranched alkanes of at least 4 members (excludes halogenated alkanes) is 15. The fourth-order valence-corrected chi connectivity index (χ4v) is 3.30. The Hall–Kier alpha value is -0.880. The Morgan fingerprint density at radius 3 is 1.40 bits per heavy atom. The van der Waals surface area contributed by atoms with E-state index in [1.165, 1.54) is 89.9 Å². The highest BCUT2D eigenvalue weighted by atomic mass is 32.2. The number of pyridine rings is 1. The van der Waals surface area contributed by atoms with Gasteiger partial charge in [0.1, 0.15) is 0 Å². The molecule has 0 atom stereocenters. The largest absolute Gasteiger partial charge is 0.448 e. The van der Waals surface area contributed by atoms with Crippen LogP contribution in [0.4, 0.5) is 4.79 Å². The molecule has 0 aliphatic rings. The van der Waals surface area contributed by atoms with Crippen molar-refractivity contribution in [2.24, 2.45) is 0 Å². The number of hydrogen-bond acceptors (Lipinski definition) is 5. The molecule has 0 aliphatic heterocycles. The van der Waals surface area contributed by atoms with Crippen LogP contribution < -0.4 is 0 Å². The van der Waals surface area contributed by atoms with E-state index in [0.29, 0.717) is 6.61 Å². The van der Waals surface area contributed by atoms with Gasteiger partial charge in [0.25, 0.3) is 0 Å². The lowest BCUT2D eigenvalue weighted by Crippen LogP contribution is -2.13. The van der Waals surface area contributed by atoms with Crippen molar-refractivity contribution in [3.63, 3.8) is 0 Å². The summed E-state index contributed by atoms with van der Waals surface area (Å²) in [6.45, 7) is 2.74. The van der Waals surface area contributed by atoms with Crippen molar-refractivity contribution in [2.75, 3.05) is 6.61 Å². The first-order chi connectivity index (χ1) is 14.7. The molecule has 1 amide bonds. The lowest BCUT2D eigenvalue weighted by Gasteiger charge is -2.08. The van der Waals surface area contributed by atoms with Crippen LogP contribution in [0.1, 0.15) is 110 Å². The molecule has 4 nitrogen and oxygen atoms in total. The molecule has 6 heteroatoms. The number of aromatic nitrogens is 1. The highest BCUT2D eigenvalue weighted by Gasteiger charge is 2.05. The van der Waals surface area contributed by atoms with Gasteiger partial charge in [-0.2, -0.15) is 3.71 Å². The minimum absolute atomic E-state index is 0.467.